The van der Waals surface area contributed by atoms with Gasteiger partial charge in [0, 0.05) is 6.04 Å². The maximum atomic E-state index is 12.9. The minimum atomic E-state index is -3.28. The summed E-state index contributed by atoms with van der Waals surface area (Å²) in [5.41, 5.74) is 2.40. The van der Waals surface area contributed by atoms with Gasteiger partial charge in [-0.1, -0.05) is 37.3 Å². The van der Waals surface area contributed by atoms with Gasteiger partial charge in [0.05, 0.1) is 5.25 Å². The lowest BCUT2D eigenvalue weighted by Crippen LogP contribution is -2.40. The molecule has 21 heavy (non-hydrogen) atoms. The summed E-state index contributed by atoms with van der Waals surface area (Å²) in [5, 5.41) is 4.83. The molecule has 0 radical (unpaired) electrons. The third-order valence-electron chi connectivity index (χ3n) is 4.06. The lowest BCUT2D eigenvalue weighted by molar-refractivity contribution is 0.458. The molecule has 0 saturated heterocycles. The standard InChI is InChI=1S/C16H19NO2S2/c1-2-17-16-13-7-4-3-6-12(13)9-10-14(16)21(18,19)15-8-5-11-20-15/h3-8,11,14,16-17H,2,9-10H2,1H3. The zero-order chi connectivity index (χ0) is 14.9. The molecule has 0 fully saturated rings. The fraction of sp³-hybridized carbons (Fsp3) is 0.375. The summed E-state index contributed by atoms with van der Waals surface area (Å²) >= 11 is 1.31. The Bertz CT molecular complexity index is 708. The zero-order valence-electron chi connectivity index (χ0n) is 12.0. The fourth-order valence-electron chi connectivity index (χ4n) is 3.10. The van der Waals surface area contributed by atoms with Crippen molar-refractivity contribution in [2.45, 2.75) is 35.3 Å². The fourth-order valence-corrected chi connectivity index (χ4v) is 6.22. The molecule has 2 atom stereocenters. The van der Waals surface area contributed by atoms with E-state index < -0.39 is 9.84 Å². The summed E-state index contributed by atoms with van der Waals surface area (Å²) in [6.07, 6.45) is 1.50. The first-order valence-electron chi connectivity index (χ1n) is 7.23. The van der Waals surface area contributed by atoms with E-state index in [2.05, 4.69) is 17.4 Å². The van der Waals surface area contributed by atoms with E-state index in [1.807, 2.05) is 24.4 Å². The van der Waals surface area contributed by atoms with Crippen molar-refractivity contribution >= 4 is 21.2 Å². The predicted molar refractivity (Wildman–Crippen MR) is 86.5 cm³/mol. The minimum Gasteiger partial charge on any atom is -0.309 e. The Morgan fingerprint density at radius 1 is 1.24 bits per heavy atom. The molecule has 0 saturated carbocycles. The number of benzene rings is 1. The molecule has 2 unspecified atom stereocenters. The minimum absolute atomic E-state index is 0.118. The molecule has 3 nitrogen and oxygen atoms in total. The Hall–Kier alpha value is -1.17. The van der Waals surface area contributed by atoms with Gasteiger partial charge in [0.2, 0.25) is 0 Å². The van der Waals surface area contributed by atoms with E-state index in [1.165, 1.54) is 16.9 Å². The molecule has 1 aliphatic rings. The van der Waals surface area contributed by atoms with Crippen molar-refractivity contribution in [1.29, 1.82) is 0 Å². The number of aryl methyl sites for hydroxylation is 1. The van der Waals surface area contributed by atoms with Gasteiger partial charge in [-0.15, -0.1) is 11.3 Å². The SMILES string of the molecule is CCNC1c2ccccc2CCC1S(=O)(=O)c1cccs1. The van der Waals surface area contributed by atoms with Crippen LogP contribution in [0.4, 0.5) is 0 Å². The Balaban J connectivity index is 2.03. The number of fused-ring (bicyclic) bond motifs is 1. The first-order valence-corrected chi connectivity index (χ1v) is 9.65. The molecule has 1 aliphatic carbocycles. The molecule has 2 aromatic rings. The van der Waals surface area contributed by atoms with Gasteiger partial charge in [-0.05, 0) is 42.0 Å². The van der Waals surface area contributed by atoms with Crippen LogP contribution in [0.15, 0.2) is 46.0 Å². The molecule has 1 aromatic heterocycles. The van der Waals surface area contributed by atoms with Crippen molar-refractivity contribution in [1.82, 2.24) is 5.32 Å². The highest BCUT2D eigenvalue weighted by atomic mass is 32.2. The highest BCUT2D eigenvalue weighted by molar-refractivity contribution is 7.94. The Kier molecular flexibility index (Phi) is 4.15. The molecule has 1 N–H and O–H groups in total. The van der Waals surface area contributed by atoms with Crippen LogP contribution in [0, 0.1) is 0 Å². The molecule has 1 heterocycles. The van der Waals surface area contributed by atoms with Crippen molar-refractivity contribution in [3.05, 3.63) is 52.9 Å². The van der Waals surface area contributed by atoms with Gasteiger partial charge < -0.3 is 5.32 Å². The first-order chi connectivity index (χ1) is 10.1. The van der Waals surface area contributed by atoms with E-state index >= 15 is 0 Å². The van der Waals surface area contributed by atoms with Gasteiger partial charge in [-0.3, -0.25) is 0 Å². The molecule has 5 heteroatoms. The van der Waals surface area contributed by atoms with Crippen molar-refractivity contribution in [2.75, 3.05) is 6.54 Å². The van der Waals surface area contributed by atoms with Crippen molar-refractivity contribution < 1.29 is 8.42 Å². The monoisotopic (exact) mass is 321 g/mol. The quantitative estimate of drug-likeness (QED) is 0.941. The van der Waals surface area contributed by atoms with Crippen LogP contribution in [0.1, 0.15) is 30.5 Å². The van der Waals surface area contributed by atoms with Crippen LogP contribution in [-0.2, 0) is 16.3 Å². The average Bonchev–Trinajstić information content (AvgIpc) is 3.02. The highest BCUT2D eigenvalue weighted by Crippen LogP contribution is 2.37. The number of sulfone groups is 1. The van der Waals surface area contributed by atoms with E-state index in [4.69, 9.17) is 0 Å². The number of hydrogen-bond donors (Lipinski definition) is 1. The van der Waals surface area contributed by atoms with Crippen LogP contribution in [0.25, 0.3) is 0 Å². The molecular formula is C16H19NO2S2. The van der Waals surface area contributed by atoms with Crippen LogP contribution in [0.5, 0.6) is 0 Å². The van der Waals surface area contributed by atoms with Gasteiger partial charge in [-0.25, -0.2) is 8.42 Å². The van der Waals surface area contributed by atoms with E-state index in [1.54, 1.807) is 12.1 Å². The second kappa shape index (κ2) is 5.91. The highest BCUT2D eigenvalue weighted by Gasteiger charge is 2.39. The Morgan fingerprint density at radius 3 is 2.76 bits per heavy atom. The number of nitrogens with one attached hydrogen (secondary N) is 1. The molecule has 112 valence electrons. The first kappa shape index (κ1) is 14.8. The molecule has 3 rings (SSSR count). The molecular weight excluding hydrogens is 302 g/mol. The molecule has 0 bridgehead atoms. The van der Waals surface area contributed by atoms with Gasteiger partial charge >= 0.3 is 0 Å². The van der Waals surface area contributed by atoms with E-state index in [0.717, 1.165) is 18.5 Å². The third-order valence-corrected chi connectivity index (χ3v) is 7.71. The van der Waals surface area contributed by atoms with Crippen LogP contribution >= 0.6 is 11.3 Å². The average molecular weight is 321 g/mol. The lowest BCUT2D eigenvalue weighted by atomic mass is 9.87. The number of rotatable bonds is 4. The maximum absolute atomic E-state index is 12.9. The van der Waals surface area contributed by atoms with Crippen molar-refractivity contribution in [2.24, 2.45) is 0 Å². The second-order valence-corrected chi connectivity index (χ2v) is 8.63. The van der Waals surface area contributed by atoms with Gasteiger partial charge in [-0.2, -0.15) is 0 Å². The van der Waals surface area contributed by atoms with E-state index in [0.29, 0.717) is 10.6 Å². The van der Waals surface area contributed by atoms with Crippen LogP contribution in [0.3, 0.4) is 0 Å². The maximum Gasteiger partial charge on any atom is 0.192 e. The zero-order valence-corrected chi connectivity index (χ0v) is 13.6. The van der Waals surface area contributed by atoms with Crippen molar-refractivity contribution in [3.8, 4) is 0 Å². The van der Waals surface area contributed by atoms with Crippen LogP contribution in [-0.4, -0.2) is 20.2 Å². The molecule has 0 aliphatic heterocycles. The Labute approximate surface area is 129 Å². The Morgan fingerprint density at radius 2 is 2.05 bits per heavy atom. The van der Waals surface area contributed by atoms with Gasteiger partial charge in [0.25, 0.3) is 0 Å². The molecule has 0 amide bonds. The summed E-state index contributed by atoms with van der Waals surface area (Å²) in [6, 6.07) is 11.6. The number of thiophene rings is 1. The predicted octanol–water partition coefficient (Wildman–Crippen LogP) is 3.19. The summed E-state index contributed by atoms with van der Waals surface area (Å²) in [5.74, 6) is 0. The molecule has 1 aromatic carbocycles. The molecule has 0 spiro atoms. The topological polar surface area (TPSA) is 46.2 Å². The normalized spacial score (nSPS) is 22.0. The second-order valence-electron chi connectivity index (χ2n) is 5.29. The summed E-state index contributed by atoms with van der Waals surface area (Å²) in [6.45, 7) is 2.78. The summed E-state index contributed by atoms with van der Waals surface area (Å²) in [7, 11) is -3.28. The summed E-state index contributed by atoms with van der Waals surface area (Å²) in [4.78, 5) is 0. The number of hydrogen-bond acceptors (Lipinski definition) is 4. The van der Waals surface area contributed by atoms with Gasteiger partial charge in [0.15, 0.2) is 9.84 Å². The van der Waals surface area contributed by atoms with E-state index in [9.17, 15) is 8.42 Å². The lowest BCUT2D eigenvalue weighted by Gasteiger charge is -2.33. The van der Waals surface area contributed by atoms with E-state index in [-0.39, 0.29) is 11.3 Å². The van der Waals surface area contributed by atoms with Crippen LogP contribution < -0.4 is 5.32 Å². The third kappa shape index (κ3) is 2.65. The van der Waals surface area contributed by atoms with Crippen molar-refractivity contribution in [3.63, 3.8) is 0 Å². The van der Waals surface area contributed by atoms with Gasteiger partial charge in [0.1, 0.15) is 4.21 Å². The van der Waals surface area contributed by atoms with Crippen LogP contribution in [0.2, 0.25) is 0 Å². The summed E-state index contributed by atoms with van der Waals surface area (Å²) < 4.78 is 26.3. The smallest absolute Gasteiger partial charge is 0.192 e. The largest absolute Gasteiger partial charge is 0.309 e.